The molecule has 1 aliphatic rings. The molecule has 1 saturated heterocycles. The zero-order chi connectivity index (χ0) is 12.3. The van der Waals surface area contributed by atoms with Gasteiger partial charge >= 0.3 is 5.97 Å². The second kappa shape index (κ2) is 5.42. The molecule has 3 nitrogen and oxygen atoms in total. The fourth-order valence-electron chi connectivity index (χ4n) is 2.01. The molecule has 1 aliphatic heterocycles. The number of carboxylic acid groups (broad SMARTS) is 1. The number of aromatic carboxylic acids is 1. The van der Waals surface area contributed by atoms with E-state index in [4.69, 9.17) is 5.11 Å². The highest BCUT2D eigenvalue weighted by Crippen LogP contribution is 2.37. The van der Waals surface area contributed by atoms with Gasteiger partial charge in [-0.2, -0.15) is 11.8 Å². The maximum atomic E-state index is 10.7. The van der Waals surface area contributed by atoms with E-state index in [0.717, 1.165) is 18.0 Å². The molecule has 0 bridgehead atoms. The van der Waals surface area contributed by atoms with E-state index in [9.17, 15) is 4.79 Å². The minimum Gasteiger partial charge on any atom is -0.478 e. The molecule has 0 saturated carbocycles. The molecule has 17 heavy (non-hydrogen) atoms. The Morgan fingerprint density at radius 1 is 1.65 bits per heavy atom. The first-order chi connectivity index (χ1) is 8.09. The monoisotopic (exact) mass is 271 g/mol. The van der Waals surface area contributed by atoms with Crippen molar-refractivity contribution in [3.05, 3.63) is 21.9 Å². The van der Waals surface area contributed by atoms with Crippen molar-refractivity contribution < 1.29 is 9.90 Å². The van der Waals surface area contributed by atoms with E-state index in [2.05, 4.69) is 12.2 Å². The van der Waals surface area contributed by atoms with Crippen molar-refractivity contribution >= 4 is 29.1 Å². The summed E-state index contributed by atoms with van der Waals surface area (Å²) in [6, 6.07) is 1.75. The van der Waals surface area contributed by atoms with Crippen LogP contribution in [0.3, 0.4) is 0 Å². The summed E-state index contributed by atoms with van der Waals surface area (Å²) in [5.41, 5.74) is 0.397. The van der Waals surface area contributed by atoms with E-state index in [1.165, 1.54) is 29.9 Å². The molecule has 1 aromatic rings. The predicted molar refractivity (Wildman–Crippen MR) is 73.1 cm³/mol. The standard InChI is InChI=1S/C12H17NO2S2/c1-12(3-2-4-17-12)8-13-6-10-5-9(7-16-10)11(14)15/h5,7,13H,2-4,6,8H2,1H3,(H,14,15). The van der Waals surface area contributed by atoms with Gasteiger partial charge < -0.3 is 10.4 Å². The van der Waals surface area contributed by atoms with Gasteiger partial charge in [-0.3, -0.25) is 0 Å². The van der Waals surface area contributed by atoms with E-state index >= 15 is 0 Å². The highest BCUT2D eigenvalue weighted by Gasteiger charge is 2.28. The number of hydrogen-bond donors (Lipinski definition) is 2. The van der Waals surface area contributed by atoms with Crippen molar-refractivity contribution in [3.8, 4) is 0 Å². The average Bonchev–Trinajstić information content (AvgIpc) is 2.88. The van der Waals surface area contributed by atoms with Gasteiger partial charge in [0.1, 0.15) is 0 Å². The summed E-state index contributed by atoms with van der Waals surface area (Å²) in [7, 11) is 0. The Kier molecular flexibility index (Phi) is 4.12. The van der Waals surface area contributed by atoms with Crippen LogP contribution in [-0.4, -0.2) is 28.1 Å². The zero-order valence-electron chi connectivity index (χ0n) is 9.86. The molecular formula is C12H17NO2S2. The molecule has 1 fully saturated rings. The van der Waals surface area contributed by atoms with Crippen LogP contribution >= 0.6 is 23.1 Å². The number of rotatable bonds is 5. The summed E-state index contributed by atoms with van der Waals surface area (Å²) >= 11 is 3.55. The van der Waals surface area contributed by atoms with E-state index in [-0.39, 0.29) is 0 Å². The van der Waals surface area contributed by atoms with Crippen molar-refractivity contribution in [3.63, 3.8) is 0 Å². The lowest BCUT2D eigenvalue weighted by atomic mass is 10.1. The molecule has 0 amide bonds. The molecule has 1 atom stereocenters. The van der Waals surface area contributed by atoms with Crippen LogP contribution in [0.1, 0.15) is 35.0 Å². The number of carbonyl (C=O) groups is 1. The van der Waals surface area contributed by atoms with Crippen LogP contribution < -0.4 is 5.32 Å². The van der Waals surface area contributed by atoms with E-state index in [1.54, 1.807) is 11.4 Å². The number of hydrogen-bond acceptors (Lipinski definition) is 4. The van der Waals surface area contributed by atoms with Crippen molar-refractivity contribution in [1.82, 2.24) is 5.32 Å². The van der Waals surface area contributed by atoms with Crippen molar-refractivity contribution in [2.45, 2.75) is 31.1 Å². The first-order valence-electron chi connectivity index (χ1n) is 5.74. The Morgan fingerprint density at radius 3 is 3.06 bits per heavy atom. The smallest absolute Gasteiger partial charge is 0.336 e. The first kappa shape index (κ1) is 12.9. The van der Waals surface area contributed by atoms with Gasteiger partial charge in [0.05, 0.1) is 5.56 Å². The van der Waals surface area contributed by atoms with Gasteiger partial charge in [0.25, 0.3) is 0 Å². The summed E-state index contributed by atoms with van der Waals surface area (Å²) < 4.78 is 0.368. The molecule has 0 radical (unpaired) electrons. The third-order valence-corrected chi connectivity index (χ3v) is 5.47. The molecule has 0 spiro atoms. The van der Waals surface area contributed by atoms with Crippen molar-refractivity contribution in [2.75, 3.05) is 12.3 Å². The molecule has 2 N–H and O–H groups in total. The van der Waals surface area contributed by atoms with Gasteiger partial charge in [0.2, 0.25) is 0 Å². The van der Waals surface area contributed by atoms with Gasteiger partial charge in [-0.1, -0.05) is 0 Å². The normalized spacial score (nSPS) is 24.1. The molecule has 0 aromatic carbocycles. The molecule has 0 aliphatic carbocycles. The predicted octanol–water partition coefficient (Wildman–Crippen LogP) is 2.82. The van der Waals surface area contributed by atoms with Crippen LogP contribution in [-0.2, 0) is 6.54 Å². The number of thioether (sulfide) groups is 1. The largest absolute Gasteiger partial charge is 0.478 e. The third kappa shape index (κ3) is 3.47. The Balaban J connectivity index is 1.79. The van der Waals surface area contributed by atoms with Crippen LogP contribution in [0.25, 0.3) is 0 Å². The second-order valence-electron chi connectivity index (χ2n) is 4.61. The second-order valence-corrected chi connectivity index (χ2v) is 7.29. The van der Waals surface area contributed by atoms with E-state index < -0.39 is 5.97 Å². The SMILES string of the molecule is CC1(CNCc2cc(C(=O)O)cs2)CCCS1. The highest BCUT2D eigenvalue weighted by atomic mass is 32.2. The Hall–Kier alpha value is -0.520. The molecule has 5 heteroatoms. The fourth-order valence-corrected chi connectivity index (χ4v) is 4.11. The molecule has 94 valence electrons. The van der Waals surface area contributed by atoms with Gasteiger partial charge in [-0.05, 0) is 31.6 Å². The molecule has 2 heterocycles. The molecular weight excluding hydrogens is 254 g/mol. The lowest BCUT2D eigenvalue weighted by molar-refractivity contribution is 0.0697. The summed E-state index contributed by atoms with van der Waals surface area (Å²) in [4.78, 5) is 11.8. The Bertz CT molecular complexity index is 397. The van der Waals surface area contributed by atoms with Crippen LogP contribution in [0.2, 0.25) is 0 Å². The summed E-state index contributed by atoms with van der Waals surface area (Å²) in [6.45, 7) is 4.07. The van der Waals surface area contributed by atoms with Crippen LogP contribution in [0, 0.1) is 0 Å². The minimum absolute atomic E-state index is 0.368. The van der Waals surface area contributed by atoms with Gasteiger partial charge in [-0.15, -0.1) is 11.3 Å². The maximum Gasteiger partial charge on any atom is 0.336 e. The lowest BCUT2D eigenvalue weighted by Gasteiger charge is -2.22. The fraction of sp³-hybridized carbons (Fsp3) is 0.583. The summed E-state index contributed by atoms with van der Waals surface area (Å²) in [5, 5.41) is 14.0. The van der Waals surface area contributed by atoms with Crippen molar-refractivity contribution in [2.24, 2.45) is 0 Å². The van der Waals surface area contributed by atoms with Crippen LogP contribution in [0.15, 0.2) is 11.4 Å². The topological polar surface area (TPSA) is 49.3 Å². The Morgan fingerprint density at radius 2 is 2.47 bits per heavy atom. The first-order valence-corrected chi connectivity index (χ1v) is 7.61. The number of carboxylic acids is 1. The van der Waals surface area contributed by atoms with Crippen LogP contribution in [0.5, 0.6) is 0 Å². The van der Waals surface area contributed by atoms with Crippen molar-refractivity contribution in [1.29, 1.82) is 0 Å². The van der Waals surface area contributed by atoms with Crippen LogP contribution in [0.4, 0.5) is 0 Å². The highest BCUT2D eigenvalue weighted by molar-refractivity contribution is 8.00. The molecule has 1 unspecified atom stereocenters. The number of thiophene rings is 1. The van der Waals surface area contributed by atoms with Gasteiger partial charge in [0.15, 0.2) is 0 Å². The van der Waals surface area contributed by atoms with E-state index in [1.807, 2.05) is 11.8 Å². The third-order valence-electron chi connectivity index (χ3n) is 3.00. The number of nitrogens with one attached hydrogen (secondary N) is 1. The summed E-state index contributed by atoms with van der Waals surface area (Å²) in [5.74, 6) is 0.422. The van der Waals surface area contributed by atoms with Gasteiger partial charge in [-0.25, -0.2) is 4.79 Å². The average molecular weight is 271 g/mol. The lowest BCUT2D eigenvalue weighted by Crippen LogP contribution is -2.32. The molecule has 2 rings (SSSR count). The zero-order valence-corrected chi connectivity index (χ0v) is 11.5. The van der Waals surface area contributed by atoms with Gasteiger partial charge in [0, 0.05) is 28.1 Å². The Labute approximate surface area is 110 Å². The molecule has 1 aromatic heterocycles. The summed E-state index contributed by atoms with van der Waals surface area (Å²) in [6.07, 6.45) is 2.58. The maximum absolute atomic E-state index is 10.7. The quantitative estimate of drug-likeness (QED) is 0.864. The minimum atomic E-state index is -0.842. The van der Waals surface area contributed by atoms with E-state index in [0.29, 0.717) is 10.3 Å².